The minimum absolute atomic E-state index is 0.367. The Balaban J connectivity index is 2.84. The van der Waals surface area contributed by atoms with Crippen molar-refractivity contribution in [2.24, 2.45) is 0 Å². The Morgan fingerprint density at radius 1 is 2.00 bits per heavy atom. The van der Waals surface area contributed by atoms with Crippen molar-refractivity contribution in [3.8, 4) is 0 Å². The minimum Gasteiger partial charge on any atom is -0.198 e. The highest BCUT2D eigenvalue weighted by Crippen LogP contribution is 2.04. The molecule has 0 aliphatic carbocycles. The Morgan fingerprint density at radius 2 is 2.86 bits per heavy atom. The van der Waals surface area contributed by atoms with E-state index < -0.39 is 0 Å². The molecule has 0 spiro atoms. The zero-order valence-corrected chi connectivity index (χ0v) is 4.96. The van der Waals surface area contributed by atoms with Crippen molar-refractivity contribution < 1.29 is 1.37 Å². The van der Waals surface area contributed by atoms with Gasteiger partial charge < -0.3 is 0 Å². The molecule has 1 aromatic rings. The highest BCUT2D eigenvalue weighted by Gasteiger charge is 1.86. The number of aryl methyl sites for hydroxylation is 2. The summed E-state index contributed by atoms with van der Waals surface area (Å²) in [6.45, 7) is 2.31. The maximum Gasteiger partial charge on any atom is 0.0514 e. The standard InChI is InChI=1S/C5H7NS/c1-4-3-5(2)7-6-4/h3H,1-2H3/i2D. The zero-order valence-electron chi connectivity index (χ0n) is 5.14. The lowest BCUT2D eigenvalue weighted by atomic mass is 10.4. The molecule has 0 saturated heterocycles. The largest absolute Gasteiger partial charge is 0.198 e. The topological polar surface area (TPSA) is 12.9 Å². The lowest BCUT2D eigenvalue weighted by molar-refractivity contribution is 1.34. The Hall–Kier alpha value is -0.370. The first-order valence-corrected chi connectivity index (χ1v) is 2.81. The third-order valence-electron chi connectivity index (χ3n) is 0.677. The van der Waals surface area contributed by atoms with Gasteiger partial charge in [-0.05, 0) is 31.4 Å². The van der Waals surface area contributed by atoms with Crippen molar-refractivity contribution in [1.82, 2.24) is 4.37 Å². The summed E-state index contributed by atoms with van der Waals surface area (Å²) in [4.78, 5) is 1.04. The molecule has 0 saturated carbocycles. The summed E-state index contributed by atoms with van der Waals surface area (Å²) in [5.41, 5.74) is 1.03. The molecule has 1 rings (SSSR count). The zero-order chi connectivity index (χ0) is 5.98. The van der Waals surface area contributed by atoms with Crippen molar-refractivity contribution >= 4 is 11.5 Å². The Bertz CT molecular complexity index is 173. The fraction of sp³-hybridized carbons (Fsp3) is 0.400. The summed E-state index contributed by atoms with van der Waals surface area (Å²) in [5.74, 6) is 0. The summed E-state index contributed by atoms with van der Waals surface area (Å²) in [6, 6.07) is 1.94. The van der Waals surface area contributed by atoms with Crippen LogP contribution in [0.3, 0.4) is 0 Å². The van der Waals surface area contributed by atoms with Gasteiger partial charge in [-0.15, -0.1) is 0 Å². The fourth-order valence-electron chi connectivity index (χ4n) is 0.416. The molecule has 0 amide bonds. The van der Waals surface area contributed by atoms with Gasteiger partial charge in [0.25, 0.3) is 0 Å². The molecule has 38 valence electrons. The highest BCUT2D eigenvalue weighted by atomic mass is 32.1. The fourth-order valence-corrected chi connectivity index (χ4v) is 0.954. The van der Waals surface area contributed by atoms with Crippen molar-refractivity contribution in [1.29, 1.82) is 0 Å². The van der Waals surface area contributed by atoms with Crippen molar-refractivity contribution in [3.05, 3.63) is 16.6 Å². The van der Waals surface area contributed by atoms with Gasteiger partial charge in [0.1, 0.15) is 0 Å². The Labute approximate surface area is 48.6 Å². The highest BCUT2D eigenvalue weighted by molar-refractivity contribution is 7.05. The smallest absolute Gasteiger partial charge is 0.0514 e. The van der Waals surface area contributed by atoms with Gasteiger partial charge in [0.15, 0.2) is 0 Å². The quantitative estimate of drug-likeness (QED) is 0.501. The van der Waals surface area contributed by atoms with Crippen molar-refractivity contribution in [3.63, 3.8) is 0 Å². The molecule has 0 aliphatic rings. The van der Waals surface area contributed by atoms with Crippen molar-refractivity contribution in [2.45, 2.75) is 13.8 Å². The monoisotopic (exact) mass is 114 g/mol. The van der Waals surface area contributed by atoms with Gasteiger partial charge in [-0.2, -0.15) is 4.37 Å². The summed E-state index contributed by atoms with van der Waals surface area (Å²) >= 11 is 1.41. The van der Waals surface area contributed by atoms with Crippen LogP contribution in [0.25, 0.3) is 0 Å². The van der Waals surface area contributed by atoms with E-state index in [0.29, 0.717) is 6.90 Å². The van der Waals surface area contributed by atoms with Gasteiger partial charge >= 0.3 is 0 Å². The van der Waals surface area contributed by atoms with Crippen LogP contribution in [0, 0.1) is 13.8 Å². The molecule has 1 nitrogen and oxygen atoms in total. The second-order valence-corrected chi connectivity index (χ2v) is 2.32. The predicted molar refractivity (Wildman–Crippen MR) is 31.6 cm³/mol. The molecule has 0 aromatic carbocycles. The van der Waals surface area contributed by atoms with E-state index in [9.17, 15) is 0 Å². The van der Waals surface area contributed by atoms with Crippen LogP contribution in [0.5, 0.6) is 0 Å². The lowest BCUT2D eigenvalue weighted by Gasteiger charge is -1.67. The summed E-state index contributed by atoms with van der Waals surface area (Å²) in [7, 11) is 0. The Morgan fingerprint density at radius 3 is 3.14 bits per heavy atom. The van der Waals surface area contributed by atoms with Gasteiger partial charge in [0, 0.05) is 6.25 Å². The molecular formula is C5H7NS. The molecule has 7 heavy (non-hydrogen) atoms. The average molecular weight is 114 g/mol. The van der Waals surface area contributed by atoms with Crippen LogP contribution in [0.2, 0.25) is 0 Å². The predicted octanol–water partition coefficient (Wildman–Crippen LogP) is 1.76. The normalized spacial score (nSPS) is 11.3. The second-order valence-electron chi connectivity index (χ2n) is 1.43. The van der Waals surface area contributed by atoms with E-state index in [0.717, 1.165) is 10.6 Å². The van der Waals surface area contributed by atoms with E-state index in [4.69, 9.17) is 1.37 Å². The van der Waals surface area contributed by atoms with Crippen molar-refractivity contribution in [2.75, 3.05) is 0 Å². The molecule has 0 N–H and O–H groups in total. The number of hydrogen-bond donors (Lipinski definition) is 0. The number of aromatic nitrogens is 1. The number of rotatable bonds is 0. The third kappa shape index (κ3) is 0.996. The molecular weight excluding hydrogens is 106 g/mol. The maximum absolute atomic E-state index is 6.93. The number of nitrogens with zero attached hydrogens (tertiary/aromatic N) is 1. The van der Waals surface area contributed by atoms with Crippen LogP contribution >= 0.6 is 11.5 Å². The first kappa shape index (κ1) is 3.61. The molecule has 0 aliphatic heterocycles. The first-order chi connectivity index (χ1) is 3.83. The van der Waals surface area contributed by atoms with Crippen LogP contribution in [0.1, 0.15) is 11.9 Å². The van der Waals surface area contributed by atoms with Crippen LogP contribution in [0.4, 0.5) is 0 Å². The third-order valence-corrected chi connectivity index (χ3v) is 1.41. The molecule has 0 atom stereocenters. The maximum atomic E-state index is 6.93. The van der Waals surface area contributed by atoms with E-state index in [2.05, 4.69) is 4.37 Å². The molecule has 0 bridgehead atoms. The second kappa shape index (κ2) is 1.62. The van der Waals surface area contributed by atoms with Crippen LogP contribution < -0.4 is 0 Å². The molecule has 2 heteroatoms. The molecule has 1 aromatic heterocycles. The van der Waals surface area contributed by atoms with E-state index >= 15 is 0 Å². The van der Waals surface area contributed by atoms with Crippen LogP contribution in [-0.2, 0) is 0 Å². The van der Waals surface area contributed by atoms with Gasteiger partial charge in [-0.25, -0.2) is 0 Å². The first-order valence-electron chi connectivity index (χ1n) is 2.75. The molecule has 0 fully saturated rings. The SMILES string of the molecule is [2H]Cc1cc(C)ns1. The van der Waals surface area contributed by atoms with E-state index in [-0.39, 0.29) is 0 Å². The van der Waals surface area contributed by atoms with E-state index in [1.165, 1.54) is 11.5 Å². The average Bonchev–Trinajstić information content (AvgIpc) is 2.14. The van der Waals surface area contributed by atoms with Gasteiger partial charge in [0.2, 0.25) is 0 Å². The summed E-state index contributed by atoms with van der Waals surface area (Å²) in [6.07, 6.45) is 0. The number of hydrogen-bond acceptors (Lipinski definition) is 2. The summed E-state index contributed by atoms with van der Waals surface area (Å²) < 4.78 is 10.9. The van der Waals surface area contributed by atoms with Gasteiger partial charge in [-0.1, -0.05) is 0 Å². The Kier molecular flexibility index (Phi) is 0.836. The van der Waals surface area contributed by atoms with Gasteiger partial charge in [0.05, 0.1) is 5.69 Å². The summed E-state index contributed by atoms with van der Waals surface area (Å²) in [5, 5.41) is 0. The molecule has 0 radical (unpaired) electrons. The molecule has 0 unspecified atom stereocenters. The van der Waals surface area contributed by atoms with E-state index in [1.807, 2.05) is 13.0 Å². The molecule has 1 heterocycles. The lowest BCUT2D eigenvalue weighted by Crippen LogP contribution is -1.58. The van der Waals surface area contributed by atoms with Gasteiger partial charge in [-0.3, -0.25) is 0 Å². The van der Waals surface area contributed by atoms with E-state index in [1.54, 1.807) is 0 Å². The minimum atomic E-state index is 0.367. The van der Waals surface area contributed by atoms with Crippen LogP contribution in [0.15, 0.2) is 6.07 Å². The van der Waals surface area contributed by atoms with Crippen LogP contribution in [-0.4, -0.2) is 4.37 Å².